The Morgan fingerprint density at radius 3 is 2.28 bits per heavy atom. The van der Waals surface area contributed by atoms with Crippen molar-refractivity contribution in [3.05, 3.63) is 48.6 Å². The molecule has 0 aliphatic rings. The number of hydrogen-bond donors (Lipinski definition) is 1. The van der Waals surface area contributed by atoms with E-state index in [9.17, 15) is 9.00 Å². The lowest BCUT2D eigenvalue weighted by molar-refractivity contribution is 0.113. The third kappa shape index (κ3) is 6.99. The molecule has 164 valence electrons. The average molecular weight is 439 g/mol. The number of hydrogen-bond acceptors (Lipinski definition) is 4. The van der Waals surface area contributed by atoms with Crippen molar-refractivity contribution in [3.63, 3.8) is 0 Å². The highest BCUT2D eigenvalue weighted by Gasteiger charge is 2.39. The van der Waals surface area contributed by atoms with Gasteiger partial charge in [0.05, 0.1) is 5.25 Å². The van der Waals surface area contributed by atoms with Crippen molar-refractivity contribution in [1.82, 2.24) is 4.72 Å². The molecule has 0 saturated heterocycles. The van der Waals surface area contributed by atoms with Gasteiger partial charge in [-0.25, -0.2) is 13.7 Å². The third-order valence-corrected chi connectivity index (χ3v) is 14.3. The Bertz CT molecular complexity index is 809. The van der Waals surface area contributed by atoms with Gasteiger partial charge in [-0.3, -0.25) is 4.03 Å². The van der Waals surface area contributed by atoms with E-state index in [1.165, 1.54) is 0 Å². The Morgan fingerprint density at radius 1 is 1.24 bits per heavy atom. The van der Waals surface area contributed by atoms with Gasteiger partial charge in [-0.15, -0.1) is 6.58 Å². The first kappa shape index (κ1) is 25.4. The quantitative estimate of drug-likeness (QED) is 0.374. The molecule has 1 aromatic carbocycles. The molecule has 0 bridgehead atoms. The van der Waals surface area contributed by atoms with Gasteiger partial charge >= 0.3 is 6.09 Å². The van der Waals surface area contributed by atoms with E-state index in [4.69, 9.17) is 8.77 Å². The van der Waals surface area contributed by atoms with Gasteiger partial charge in [0.2, 0.25) is 0 Å². The fraction of sp³-hybridized carbons (Fsp3) is 0.591. The molecule has 29 heavy (non-hydrogen) atoms. The molecule has 1 amide bonds. The molecule has 1 aromatic rings. The van der Waals surface area contributed by atoms with Crippen molar-refractivity contribution < 1.29 is 13.7 Å². The number of nitrogens with one attached hydrogen (secondary N) is 1. The monoisotopic (exact) mass is 438 g/mol. The molecule has 0 aliphatic carbocycles. The predicted molar refractivity (Wildman–Crippen MR) is 126 cm³/mol. The Hall–Kier alpha value is -1.60. The SMILES string of the molecule is C=CC[C@H](C)[C@@H](C)S(=O)(=N[Si](C)(C)C(C)(C)C)NC(=O)O[C@@H](C)c1ccccc1. The summed E-state index contributed by atoms with van der Waals surface area (Å²) in [6.45, 7) is 20.0. The lowest BCUT2D eigenvalue weighted by Crippen LogP contribution is -2.45. The number of ether oxygens (including phenoxy) is 1. The summed E-state index contributed by atoms with van der Waals surface area (Å²) in [7, 11) is -5.33. The molecule has 4 atom stereocenters. The van der Waals surface area contributed by atoms with Gasteiger partial charge in [-0.05, 0) is 49.9 Å². The zero-order valence-corrected chi connectivity index (χ0v) is 21.0. The van der Waals surface area contributed by atoms with Crippen LogP contribution in [-0.4, -0.2) is 23.8 Å². The molecule has 1 N–H and O–H groups in total. The maximum absolute atomic E-state index is 14.0. The molecule has 1 rings (SSSR count). The van der Waals surface area contributed by atoms with Crippen LogP contribution in [0.1, 0.15) is 59.6 Å². The van der Waals surface area contributed by atoms with Crippen LogP contribution < -0.4 is 4.72 Å². The van der Waals surface area contributed by atoms with Crippen LogP contribution in [0.4, 0.5) is 4.79 Å². The fourth-order valence-corrected chi connectivity index (χ4v) is 8.41. The smallest absolute Gasteiger partial charge is 0.420 e. The van der Waals surface area contributed by atoms with Crippen LogP contribution in [-0.2, 0) is 14.7 Å². The minimum atomic E-state index is -3.04. The van der Waals surface area contributed by atoms with Gasteiger partial charge in [0.25, 0.3) is 0 Å². The van der Waals surface area contributed by atoms with Crippen molar-refractivity contribution in [2.75, 3.05) is 0 Å². The highest BCUT2D eigenvalue weighted by Crippen LogP contribution is 2.38. The van der Waals surface area contributed by atoms with Crippen LogP contribution in [0.25, 0.3) is 0 Å². The number of carbonyl (C=O) groups is 1. The molecule has 7 heteroatoms. The van der Waals surface area contributed by atoms with Gasteiger partial charge in [0, 0.05) is 0 Å². The summed E-state index contributed by atoms with van der Waals surface area (Å²) in [5, 5.41) is -0.436. The lowest BCUT2D eigenvalue weighted by Gasteiger charge is -2.35. The van der Waals surface area contributed by atoms with E-state index in [1.807, 2.05) is 50.3 Å². The summed E-state index contributed by atoms with van der Waals surface area (Å²) in [6.07, 6.45) is 1.35. The van der Waals surface area contributed by atoms with E-state index in [-0.39, 0.29) is 16.2 Å². The molecule has 0 aromatic heterocycles. The van der Waals surface area contributed by atoms with Crippen LogP contribution in [0.3, 0.4) is 0 Å². The first-order chi connectivity index (χ1) is 13.2. The molecule has 0 spiro atoms. The maximum atomic E-state index is 14.0. The number of rotatable bonds is 8. The minimum absolute atomic E-state index is 0.0559. The average Bonchev–Trinajstić information content (AvgIpc) is 2.60. The Balaban J connectivity index is 3.22. The number of carbonyl (C=O) groups excluding carboxylic acids is 1. The number of benzene rings is 1. The molecular formula is C22H38N2O3SSi. The number of nitrogens with zero attached hydrogens (tertiary/aromatic N) is 1. The first-order valence-electron chi connectivity index (χ1n) is 10.1. The van der Waals surface area contributed by atoms with Crippen molar-refractivity contribution >= 4 is 24.2 Å². The molecule has 0 saturated carbocycles. The molecule has 5 nitrogen and oxygen atoms in total. The van der Waals surface area contributed by atoms with Crippen LogP contribution in [0, 0.1) is 5.92 Å². The van der Waals surface area contributed by atoms with Gasteiger partial charge < -0.3 is 4.74 Å². The highest BCUT2D eigenvalue weighted by molar-refractivity contribution is 7.93. The van der Waals surface area contributed by atoms with Crippen molar-refractivity contribution in [2.45, 2.75) is 77.4 Å². The molecule has 0 radical (unpaired) electrons. The molecule has 1 unspecified atom stereocenters. The van der Waals surface area contributed by atoms with Gasteiger partial charge in [-0.2, -0.15) is 0 Å². The summed E-state index contributed by atoms with van der Waals surface area (Å²) < 4.78 is 27.1. The lowest BCUT2D eigenvalue weighted by atomic mass is 10.1. The van der Waals surface area contributed by atoms with Crippen LogP contribution in [0.2, 0.25) is 18.1 Å². The zero-order valence-electron chi connectivity index (χ0n) is 19.2. The maximum Gasteiger partial charge on any atom is 0.420 e. The van der Waals surface area contributed by atoms with E-state index in [0.717, 1.165) is 5.56 Å². The van der Waals surface area contributed by atoms with Gasteiger partial charge in [0.1, 0.15) is 16.0 Å². The zero-order chi connectivity index (χ0) is 22.5. The second kappa shape index (κ2) is 9.94. The van der Waals surface area contributed by atoms with E-state index in [1.54, 1.807) is 6.92 Å². The number of allylic oxidation sites excluding steroid dienone is 1. The van der Waals surface area contributed by atoms with E-state index < -0.39 is 30.3 Å². The Morgan fingerprint density at radius 2 is 1.79 bits per heavy atom. The Labute approximate surface area is 178 Å². The summed E-state index contributed by atoms with van der Waals surface area (Å²) >= 11 is 0. The molecule has 0 aliphatic heterocycles. The molecule has 0 heterocycles. The summed E-state index contributed by atoms with van der Waals surface area (Å²) in [6, 6.07) is 9.47. The second-order valence-corrected chi connectivity index (χ2v) is 16.7. The highest BCUT2D eigenvalue weighted by atomic mass is 32.2. The van der Waals surface area contributed by atoms with Gasteiger partial charge in [-0.1, -0.05) is 64.1 Å². The van der Waals surface area contributed by atoms with Crippen molar-refractivity contribution in [3.8, 4) is 0 Å². The molecular weight excluding hydrogens is 400 g/mol. The summed E-state index contributed by atoms with van der Waals surface area (Å²) in [5.41, 5.74) is 0.878. The van der Waals surface area contributed by atoms with Crippen LogP contribution in [0.5, 0.6) is 0 Å². The standard InChI is InChI=1S/C22H38N2O3SSi/c1-10-14-17(2)19(4)28(26,24-29(8,9)22(5,6)7)23-21(25)27-18(3)20-15-12-11-13-16-20/h10-13,15-19H,1,14H2,2-9H3,(H,23,24,25,26)/t17-,18-,19+,28?/m0/s1. The fourth-order valence-electron chi connectivity index (χ4n) is 2.54. The van der Waals surface area contributed by atoms with Gasteiger partial charge in [0.15, 0.2) is 8.24 Å². The molecule has 0 fully saturated rings. The van der Waals surface area contributed by atoms with Crippen LogP contribution in [0.15, 0.2) is 47.0 Å². The van der Waals surface area contributed by atoms with E-state index in [2.05, 4.69) is 45.2 Å². The van der Waals surface area contributed by atoms with E-state index >= 15 is 0 Å². The van der Waals surface area contributed by atoms with Crippen molar-refractivity contribution in [1.29, 1.82) is 0 Å². The predicted octanol–water partition coefficient (Wildman–Crippen LogP) is 6.46. The largest absolute Gasteiger partial charge is 0.441 e. The number of amides is 1. The van der Waals surface area contributed by atoms with Crippen LogP contribution >= 0.6 is 0 Å². The van der Waals surface area contributed by atoms with E-state index in [0.29, 0.717) is 6.42 Å². The second-order valence-electron chi connectivity index (χ2n) is 9.24. The minimum Gasteiger partial charge on any atom is -0.441 e. The summed E-state index contributed by atoms with van der Waals surface area (Å²) in [4.78, 5) is 12.7. The normalized spacial score (nSPS) is 17.4. The van der Waals surface area contributed by atoms with Crippen molar-refractivity contribution in [2.24, 2.45) is 9.95 Å². The third-order valence-electron chi connectivity index (χ3n) is 5.83. The Kier molecular flexibility index (Phi) is 8.71. The summed E-state index contributed by atoms with van der Waals surface area (Å²) in [5.74, 6) is 0.0559. The first-order valence-corrected chi connectivity index (χ1v) is 14.7. The topological polar surface area (TPSA) is 67.8 Å².